The summed E-state index contributed by atoms with van der Waals surface area (Å²) >= 11 is 0. The monoisotopic (exact) mass is 510 g/mol. The molecule has 2 unspecified atom stereocenters. The summed E-state index contributed by atoms with van der Waals surface area (Å²) in [5.41, 5.74) is -5.33. The molecule has 0 radical (unpaired) electrons. The van der Waals surface area contributed by atoms with Crippen molar-refractivity contribution in [1.82, 2.24) is 10.0 Å². The zero-order valence-corrected chi connectivity index (χ0v) is 20.3. The molecule has 3 atom stereocenters. The molecule has 0 fully saturated rings. The van der Waals surface area contributed by atoms with Crippen LogP contribution in [-0.4, -0.2) is 73.0 Å². The fourth-order valence-electron chi connectivity index (χ4n) is 3.01. The van der Waals surface area contributed by atoms with Crippen LogP contribution in [0.2, 0.25) is 0 Å². The summed E-state index contributed by atoms with van der Waals surface area (Å²) in [4.78, 5) is 0. The Labute approximate surface area is 201 Å². The van der Waals surface area contributed by atoms with Crippen molar-refractivity contribution in [2.24, 2.45) is 15.4 Å². The molecule has 7 nitrogen and oxygen atoms in total. The van der Waals surface area contributed by atoms with Gasteiger partial charge >= 0.3 is 12.4 Å². The molecule has 0 bridgehead atoms. The van der Waals surface area contributed by atoms with Gasteiger partial charge in [0.15, 0.2) is 0 Å². The van der Waals surface area contributed by atoms with Crippen LogP contribution in [0.3, 0.4) is 0 Å². The van der Waals surface area contributed by atoms with E-state index in [1.54, 1.807) is 31.0 Å². The lowest BCUT2D eigenvalue weighted by Crippen LogP contribution is -2.53. The number of anilines is 1. The second-order valence-electron chi connectivity index (χ2n) is 8.40. The maximum absolute atomic E-state index is 13.1. The molecule has 0 heterocycles. The van der Waals surface area contributed by atoms with Gasteiger partial charge in [-0.05, 0) is 39.3 Å². The van der Waals surface area contributed by atoms with Gasteiger partial charge in [0.1, 0.15) is 0 Å². The summed E-state index contributed by atoms with van der Waals surface area (Å²) in [7, 11) is 3.49. The molecule has 1 rings (SSSR count). The predicted octanol–water partition coefficient (Wildman–Crippen LogP) is 5.37. The summed E-state index contributed by atoms with van der Waals surface area (Å²) in [5, 5.41) is 28.0. The number of alkyl halides is 6. The smallest absolute Gasteiger partial charge is 0.379 e. The highest BCUT2D eigenvalue weighted by Crippen LogP contribution is 2.50. The molecule has 1 aromatic rings. The van der Waals surface area contributed by atoms with E-state index < -0.39 is 23.5 Å². The zero-order chi connectivity index (χ0) is 27.2. The van der Waals surface area contributed by atoms with Crippen LogP contribution in [0, 0.1) is 0 Å². The minimum atomic E-state index is -5.94. The minimum absolute atomic E-state index is 0.0233. The number of likely N-dealkylation sites (N-methyl/N-ethyl adjacent to an activating group) is 1. The van der Waals surface area contributed by atoms with E-state index in [9.17, 15) is 31.4 Å². The molecule has 13 heteroatoms. The maximum Gasteiger partial charge on any atom is 0.430 e. The molecule has 35 heavy (non-hydrogen) atoms. The molecule has 0 amide bonds. The number of halogens is 6. The first-order valence-electron chi connectivity index (χ1n) is 10.6. The molecule has 0 aliphatic rings. The van der Waals surface area contributed by atoms with Crippen molar-refractivity contribution in [3.8, 4) is 0 Å². The molecule has 198 valence electrons. The third-order valence-corrected chi connectivity index (χ3v) is 5.70. The molecular formula is C22H32F6N6O. The Morgan fingerprint density at radius 3 is 2.00 bits per heavy atom. The first-order valence-corrected chi connectivity index (χ1v) is 10.6. The fraction of sp³-hybridized carbons (Fsp3) is 0.591. The van der Waals surface area contributed by atoms with Gasteiger partial charge in [0.25, 0.3) is 5.60 Å². The van der Waals surface area contributed by atoms with E-state index >= 15 is 0 Å². The second kappa shape index (κ2) is 11.7. The van der Waals surface area contributed by atoms with Gasteiger partial charge in [-0.2, -0.15) is 36.6 Å². The summed E-state index contributed by atoms with van der Waals surface area (Å²) in [6.45, 7) is 13.3. The van der Waals surface area contributed by atoms with Crippen molar-refractivity contribution in [3.05, 3.63) is 42.0 Å². The molecule has 0 saturated heterocycles. The number of aliphatic hydroxyl groups is 1. The Morgan fingerprint density at radius 2 is 1.57 bits per heavy atom. The molecule has 0 saturated carbocycles. The zero-order valence-electron chi connectivity index (χ0n) is 20.3. The van der Waals surface area contributed by atoms with E-state index in [1.807, 2.05) is 13.8 Å². The molecule has 2 N–H and O–H groups in total. The Morgan fingerprint density at radius 1 is 1.06 bits per heavy atom. The Hall–Kier alpha value is -2.83. The van der Waals surface area contributed by atoms with Gasteiger partial charge in [0, 0.05) is 44.7 Å². The summed E-state index contributed by atoms with van der Waals surface area (Å²) < 4.78 is 78.4. The van der Waals surface area contributed by atoms with Crippen LogP contribution in [-0.2, 0) is 5.60 Å². The van der Waals surface area contributed by atoms with Crippen molar-refractivity contribution in [1.29, 1.82) is 0 Å². The Bertz CT molecular complexity index is 857. The first-order chi connectivity index (χ1) is 16.0. The number of nitrogens with zero attached hydrogens (tertiary/aromatic N) is 5. The normalized spacial score (nSPS) is 15.4. The van der Waals surface area contributed by atoms with E-state index in [1.165, 1.54) is 0 Å². The topological polar surface area (TPSA) is 75.8 Å². The van der Waals surface area contributed by atoms with E-state index in [0.717, 1.165) is 12.1 Å². The summed E-state index contributed by atoms with van der Waals surface area (Å²) in [6, 6.07) is 2.75. The summed E-state index contributed by atoms with van der Waals surface area (Å²) in [5.74, 6) is 0. The Balaban J connectivity index is 2.88. The lowest BCUT2D eigenvalue weighted by Gasteiger charge is -2.32. The average Bonchev–Trinajstić information content (AvgIpc) is 2.77. The van der Waals surface area contributed by atoms with Crippen LogP contribution < -0.4 is 5.32 Å². The third kappa shape index (κ3) is 7.58. The maximum atomic E-state index is 13.1. The largest absolute Gasteiger partial charge is 0.430 e. The molecule has 0 aromatic heterocycles. The number of hydrazone groups is 1. The molecule has 1 aromatic carbocycles. The fourth-order valence-corrected chi connectivity index (χ4v) is 3.01. The van der Waals surface area contributed by atoms with Crippen molar-refractivity contribution in [3.63, 3.8) is 0 Å². The molecule has 0 aliphatic carbocycles. The highest BCUT2D eigenvalue weighted by molar-refractivity contribution is 5.48. The number of rotatable bonds is 12. The molecule has 0 spiro atoms. The van der Waals surface area contributed by atoms with Gasteiger partial charge in [-0.25, -0.2) is 0 Å². The van der Waals surface area contributed by atoms with Crippen LogP contribution in [0.25, 0.3) is 0 Å². The highest BCUT2D eigenvalue weighted by Gasteiger charge is 2.71. The van der Waals surface area contributed by atoms with Crippen LogP contribution in [0.4, 0.5) is 32.0 Å². The van der Waals surface area contributed by atoms with Crippen molar-refractivity contribution < 1.29 is 31.4 Å². The predicted molar refractivity (Wildman–Crippen MR) is 123 cm³/mol. The first kappa shape index (κ1) is 30.2. The van der Waals surface area contributed by atoms with Gasteiger partial charge in [0.05, 0.1) is 12.1 Å². The van der Waals surface area contributed by atoms with Crippen molar-refractivity contribution in [2.45, 2.75) is 63.3 Å². The van der Waals surface area contributed by atoms with E-state index in [0.29, 0.717) is 30.7 Å². The summed E-state index contributed by atoms with van der Waals surface area (Å²) in [6.07, 6.45) is -11.4. The lowest BCUT2D eigenvalue weighted by atomic mass is 9.92. The number of hydrogen-bond donors (Lipinski definition) is 2. The molecule has 0 aliphatic heterocycles. The van der Waals surface area contributed by atoms with Gasteiger partial charge in [-0.3, -0.25) is 10.0 Å². The third-order valence-electron chi connectivity index (χ3n) is 5.70. The van der Waals surface area contributed by atoms with Crippen LogP contribution in [0.15, 0.2) is 51.9 Å². The standard InChI is InChI=1S/C22H32F6N6O/c1-14(2)19(12-13-33(6)32-31-15(3)16(4)34(7)29-5)30-18-10-8-17(9-11-18)20(35,21(23,24)25)22(26,27)28/h8-11,15-16,19,30,35H,1,5,12-13H2,2-4,6-7H3/t15-,16?,19?/m0/s1. The van der Waals surface area contributed by atoms with E-state index in [2.05, 4.69) is 34.1 Å². The quantitative estimate of drug-likeness (QED) is 0.130. The van der Waals surface area contributed by atoms with E-state index in [-0.39, 0.29) is 23.8 Å². The molecular weight excluding hydrogens is 478 g/mol. The van der Waals surface area contributed by atoms with Crippen LogP contribution in [0.5, 0.6) is 0 Å². The van der Waals surface area contributed by atoms with Crippen LogP contribution in [0.1, 0.15) is 32.8 Å². The van der Waals surface area contributed by atoms with Gasteiger partial charge in [-0.1, -0.05) is 29.5 Å². The van der Waals surface area contributed by atoms with Crippen molar-refractivity contribution >= 4 is 12.4 Å². The Kier molecular flexibility index (Phi) is 10.1. The van der Waals surface area contributed by atoms with E-state index in [4.69, 9.17) is 0 Å². The average molecular weight is 511 g/mol. The van der Waals surface area contributed by atoms with Crippen LogP contribution >= 0.6 is 0 Å². The minimum Gasteiger partial charge on any atom is -0.379 e. The second-order valence-corrected chi connectivity index (χ2v) is 8.40. The lowest BCUT2D eigenvalue weighted by molar-refractivity contribution is -0.376. The van der Waals surface area contributed by atoms with Gasteiger partial charge in [-0.15, -0.1) is 0 Å². The van der Waals surface area contributed by atoms with Crippen molar-refractivity contribution in [2.75, 3.05) is 26.0 Å². The number of benzene rings is 1. The van der Waals surface area contributed by atoms with Gasteiger partial charge in [0.2, 0.25) is 0 Å². The number of nitrogens with one attached hydrogen (secondary N) is 1. The SMILES string of the molecule is C=NN(C)C(C)[C@H](C)N=NN(C)CCC(Nc1ccc(C(O)(C(F)(F)F)C(F)(F)F)cc1)C(=C)C. The number of hydrogen-bond acceptors (Lipinski definition) is 6. The van der Waals surface area contributed by atoms with Gasteiger partial charge < -0.3 is 10.4 Å². The highest BCUT2D eigenvalue weighted by atomic mass is 19.4.